The highest BCUT2D eigenvalue weighted by atomic mass is 16.5. The van der Waals surface area contributed by atoms with E-state index in [9.17, 15) is 4.79 Å². The van der Waals surface area contributed by atoms with Crippen LogP contribution < -0.4 is 9.47 Å². The second-order valence-electron chi connectivity index (χ2n) is 4.58. The summed E-state index contributed by atoms with van der Waals surface area (Å²) in [6, 6.07) is 5.17. The van der Waals surface area contributed by atoms with Crippen molar-refractivity contribution in [1.29, 1.82) is 0 Å². The number of benzene rings is 1. The predicted molar refractivity (Wildman–Crippen MR) is 77.4 cm³/mol. The van der Waals surface area contributed by atoms with Gasteiger partial charge in [-0.1, -0.05) is 0 Å². The standard InChI is InChI=1S/C15H23NO4/c1-16(9-5-4-6-10-17)15(18)13-11-12(19-2)7-8-14(13)20-3/h7-8,11,17H,4-6,9-10H2,1-3H3. The largest absolute Gasteiger partial charge is 0.497 e. The molecule has 1 rings (SSSR count). The minimum absolute atomic E-state index is 0.0928. The Labute approximate surface area is 120 Å². The van der Waals surface area contributed by atoms with Gasteiger partial charge in [0.05, 0.1) is 19.8 Å². The van der Waals surface area contributed by atoms with E-state index in [4.69, 9.17) is 14.6 Å². The first-order valence-electron chi connectivity index (χ1n) is 6.72. The second kappa shape index (κ2) is 8.43. The molecule has 0 heterocycles. The molecule has 112 valence electrons. The first-order chi connectivity index (χ1) is 9.63. The maximum atomic E-state index is 12.4. The van der Waals surface area contributed by atoms with Crippen molar-refractivity contribution in [3.63, 3.8) is 0 Å². The van der Waals surface area contributed by atoms with Crippen LogP contribution in [0.4, 0.5) is 0 Å². The quantitative estimate of drug-likeness (QED) is 0.740. The summed E-state index contributed by atoms with van der Waals surface area (Å²) in [5.41, 5.74) is 0.497. The van der Waals surface area contributed by atoms with Gasteiger partial charge in [-0.15, -0.1) is 0 Å². The normalized spacial score (nSPS) is 10.2. The zero-order chi connectivity index (χ0) is 15.0. The Hall–Kier alpha value is -1.75. The van der Waals surface area contributed by atoms with E-state index in [0.29, 0.717) is 23.6 Å². The molecule has 0 fully saturated rings. The van der Waals surface area contributed by atoms with Crippen LogP contribution in [0.15, 0.2) is 18.2 Å². The maximum absolute atomic E-state index is 12.4. The van der Waals surface area contributed by atoms with E-state index < -0.39 is 0 Å². The first kappa shape index (κ1) is 16.3. The zero-order valence-corrected chi connectivity index (χ0v) is 12.4. The van der Waals surface area contributed by atoms with Gasteiger partial charge in [0.2, 0.25) is 0 Å². The number of carbonyl (C=O) groups is 1. The third kappa shape index (κ3) is 4.42. The molecule has 20 heavy (non-hydrogen) atoms. The van der Waals surface area contributed by atoms with Gasteiger partial charge < -0.3 is 19.5 Å². The summed E-state index contributed by atoms with van der Waals surface area (Å²) in [4.78, 5) is 14.1. The predicted octanol–water partition coefficient (Wildman–Crippen LogP) is 1.94. The van der Waals surface area contributed by atoms with Crippen molar-refractivity contribution in [1.82, 2.24) is 4.90 Å². The van der Waals surface area contributed by atoms with Crippen molar-refractivity contribution in [3.05, 3.63) is 23.8 Å². The number of amides is 1. The number of hydrogen-bond donors (Lipinski definition) is 1. The number of nitrogens with zero attached hydrogens (tertiary/aromatic N) is 1. The van der Waals surface area contributed by atoms with E-state index in [-0.39, 0.29) is 12.5 Å². The van der Waals surface area contributed by atoms with Crippen LogP contribution in [0.25, 0.3) is 0 Å². The average molecular weight is 281 g/mol. The molecule has 0 aromatic heterocycles. The van der Waals surface area contributed by atoms with E-state index in [1.807, 2.05) is 0 Å². The van der Waals surface area contributed by atoms with Gasteiger partial charge in [0.25, 0.3) is 5.91 Å². The van der Waals surface area contributed by atoms with Crippen molar-refractivity contribution >= 4 is 5.91 Å². The Morgan fingerprint density at radius 1 is 1.20 bits per heavy atom. The van der Waals surface area contributed by atoms with E-state index >= 15 is 0 Å². The lowest BCUT2D eigenvalue weighted by Gasteiger charge is -2.19. The van der Waals surface area contributed by atoms with Crippen molar-refractivity contribution < 1.29 is 19.4 Å². The molecule has 0 atom stereocenters. The van der Waals surface area contributed by atoms with Crippen molar-refractivity contribution in [2.75, 3.05) is 34.4 Å². The van der Waals surface area contributed by atoms with Crippen LogP contribution in [0, 0.1) is 0 Å². The van der Waals surface area contributed by atoms with E-state index in [1.54, 1.807) is 44.4 Å². The van der Waals surface area contributed by atoms with Gasteiger partial charge in [-0.3, -0.25) is 4.79 Å². The number of hydrogen-bond acceptors (Lipinski definition) is 4. The zero-order valence-electron chi connectivity index (χ0n) is 12.4. The number of aliphatic hydroxyl groups is 1. The first-order valence-corrected chi connectivity index (χ1v) is 6.72. The lowest BCUT2D eigenvalue weighted by Crippen LogP contribution is -2.28. The fraction of sp³-hybridized carbons (Fsp3) is 0.533. The molecule has 0 radical (unpaired) electrons. The Morgan fingerprint density at radius 3 is 2.55 bits per heavy atom. The maximum Gasteiger partial charge on any atom is 0.257 e. The topological polar surface area (TPSA) is 59.0 Å². The van der Waals surface area contributed by atoms with Gasteiger partial charge in [0.1, 0.15) is 11.5 Å². The lowest BCUT2D eigenvalue weighted by atomic mass is 10.1. The molecule has 0 bridgehead atoms. The fourth-order valence-electron chi connectivity index (χ4n) is 1.93. The number of ether oxygens (including phenoxy) is 2. The van der Waals surface area contributed by atoms with Crippen LogP contribution in [-0.2, 0) is 0 Å². The molecule has 0 saturated heterocycles. The summed E-state index contributed by atoms with van der Waals surface area (Å²) >= 11 is 0. The molecule has 1 N–H and O–H groups in total. The van der Waals surface area contributed by atoms with Crippen LogP contribution in [0.1, 0.15) is 29.6 Å². The third-order valence-corrected chi connectivity index (χ3v) is 3.14. The lowest BCUT2D eigenvalue weighted by molar-refractivity contribution is 0.0788. The van der Waals surface area contributed by atoms with Gasteiger partial charge in [0.15, 0.2) is 0 Å². The van der Waals surface area contributed by atoms with Gasteiger partial charge in [-0.25, -0.2) is 0 Å². The molecule has 1 aromatic rings. The highest BCUT2D eigenvalue weighted by molar-refractivity contribution is 5.97. The number of unbranched alkanes of at least 4 members (excludes halogenated alkanes) is 2. The molecule has 0 aliphatic carbocycles. The summed E-state index contributed by atoms with van der Waals surface area (Å²) in [7, 11) is 4.87. The number of carbonyl (C=O) groups excluding carboxylic acids is 1. The minimum atomic E-state index is -0.0928. The Kier molecular flexibility index (Phi) is 6.87. The van der Waals surface area contributed by atoms with Crippen LogP contribution in [0.2, 0.25) is 0 Å². The Balaban J connectivity index is 2.74. The summed E-state index contributed by atoms with van der Waals surface area (Å²) < 4.78 is 10.4. The Bertz CT molecular complexity index is 434. The van der Waals surface area contributed by atoms with Crippen LogP contribution in [0.5, 0.6) is 11.5 Å². The summed E-state index contributed by atoms with van der Waals surface area (Å²) in [5.74, 6) is 1.07. The third-order valence-electron chi connectivity index (χ3n) is 3.14. The van der Waals surface area contributed by atoms with E-state index in [0.717, 1.165) is 19.3 Å². The molecule has 5 nitrogen and oxygen atoms in total. The van der Waals surface area contributed by atoms with Crippen molar-refractivity contribution in [3.8, 4) is 11.5 Å². The molecular formula is C15H23NO4. The fourth-order valence-corrected chi connectivity index (χ4v) is 1.93. The van der Waals surface area contributed by atoms with E-state index in [1.165, 1.54) is 0 Å². The molecule has 0 saturated carbocycles. The summed E-state index contributed by atoms with van der Waals surface area (Å²) in [5, 5.41) is 8.73. The van der Waals surface area contributed by atoms with Gasteiger partial charge >= 0.3 is 0 Å². The number of aliphatic hydroxyl groups excluding tert-OH is 1. The van der Waals surface area contributed by atoms with Crippen molar-refractivity contribution in [2.45, 2.75) is 19.3 Å². The monoisotopic (exact) mass is 281 g/mol. The Morgan fingerprint density at radius 2 is 1.95 bits per heavy atom. The summed E-state index contributed by atoms with van der Waals surface area (Å²) in [6.45, 7) is 0.848. The minimum Gasteiger partial charge on any atom is -0.497 e. The van der Waals surface area contributed by atoms with Crippen molar-refractivity contribution in [2.24, 2.45) is 0 Å². The molecule has 1 aromatic carbocycles. The summed E-state index contributed by atoms with van der Waals surface area (Å²) in [6.07, 6.45) is 2.54. The molecule has 5 heteroatoms. The average Bonchev–Trinajstić information content (AvgIpc) is 2.49. The second-order valence-corrected chi connectivity index (χ2v) is 4.58. The van der Waals surface area contributed by atoms with E-state index in [2.05, 4.69) is 0 Å². The molecule has 0 aliphatic rings. The molecular weight excluding hydrogens is 258 g/mol. The number of rotatable bonds is 8. The molecule has 1 amide bonds. The van der Waals surface area contributed by atoms with Crippen LogP contribution >= 0.6 is 0 Å². The molecule has 0 unspecified atom stereocenters. The number of methoxy groups -OCH3 is 2. The van der Waals surface area contributed by atoms with Gasteiger partial charge in [-0.2, -0.15) is 0 Å². The molecule has 0 spiro atoms. The van der Waals surface area contributed by atoms with Crippen LogP contribution in [-0.4, -0.2) is 50.3 Å². The smallest absolute Gasteiger partial charge is 0.257 e. The highest BCUT2D eigenvalue weighted by Gasteiger charge is 2.17. The van der Waals surface area contributed by atoms with Gasteiger partial charge in [-0.05, 0) is 37.5 Å². The SMILES string of the molecule is COc1ccc(OC)c(C(=O)N(C)CCCCCO)c1. The highest BCUT2D eigenvalue weighted by Crippen LogP contribution is 2.25. The van der Waals surface area contributed by atoms with Crippen LogP contribution in [0.3, 0.4) is 0 Å². The van der Waals surface area contributed by atoms with Gasteiger partial charge in [0, 0.05) is 20.2 Å². The molecule has 0 aliphatic heterocycles.